The molecule has 0 aliphatic heterocycles. The number of aliphatic hydroxyl groups excluding tert-OH is 1. The largest absolute Gasteiger partial charge is 0.462 e. The Hall–Kier alpha value is -5.22. The van der Waals surface area contributed by atoms with E-state index in [-0.39, 0.29) is 51.1 Å². The maximum Gasteiger partial charge on any atom is 0.337 e. The van der Waals surface area contributed by atoms with Crippen LogP contribution in [0.3, 0.4) is 0 Å². The van der Waals surface area contributed by atoms with Crippen LogP contribution in [0.25, 0.3) is 21.9 Å². The van der Waals surface area contributed by atoms with Gasteiger partial charge in [-0.05, 0) is 38.9 Å². The lowest BCUT2D eigenvalue weighted by atomic mass is 9.96. The van der Waals surface area contributed by atoms with Crippen molar-refractivity contribution in [2.24, 2.45) is 5.92 Å². The average molecular weight is 654 g/mol. The molecule has 4 aromatic rings. The van der Waals surface area contributed by atoms with Crippen molar-refractivity contribution in [1.29, 1.82) is 0 Å². The minimum atomic E-state index is -1.59. The summed E-state index contributed by atoms with van der Waals surface area (Å²) in [6.45, 7) is 5.06. The molecular weight excluding hydrogens is 610 g/mol. The molecular formula is C38H43N3O7. The Morgan fingerprint density at radius 1 is 0.771 bits per heavy atom. The summed E-state index contributed by atoms with van der Waals surface area (Å²) < 4.78 is 10.7. The molecule has 0 aliphatic carbocycles. The van der Waals surface area contributed by atoms with Gasteiger partial charge in [0.25, 0.3) is 0 Å². The minimum Gasteiger partial charge on any atom is -0.462 e. The van der Waals surface area contributed by atoms with E-state index in [9.17, 15) is 24.3 Å². The molecule has 10 nitrogen and oxygen atoms in total. The van der Waals surface area contributed by atoms with Crippen molar-refractivity contribution in [3.8, 4) is 11.1 Å². The molecule has 0 heterocycles. The Balaban J connectivity index is 1.47. The van der Waals surface area contributed by atoms with Gasteiger partial charge in [0.1, 0.15) is 19.3 Å². The van der Waals surface area contributed by atoms with Gasteiger partial charge in [0.15, 0.2) is 6.10 Å². The first-order chi connectivity index (χ1) is 23.1. The normalized spacial score (nSPS) is 12.2. The van der Waals surface area contributed by atoms with Crippen LogP contribution in [0.1, 0.15) is 31.9 Å². The number of hydrogen-bond acceptors (Lipinski definition) is 7. The average Bonchev–Trinajstić information content (AvgIpc) is 3.08. The first-order valence-corrected chi connectivity index (χ1v) is 16.0. The molecule has 4 rings (SSSR count). The van der Waals surface area contributed by atoms with Crippen LogP contribution < -0.4 is 10.6 Å². The SMILES string of the molecule is CC(=O)NCCOC(=O)[C@H](Cc1ccc(-c2cccc3ccccc23)cc1)NC(=O)N(CC(C)C)C[C@H](O)C(=O)OCc1ccccc1. The highest BCUT2D eigenvalue weighted by Gasteiger charge is 2.29. The lowest BCUT2D eigenvalue weighted by molar-refractivity contribution is -0.155. The number of amides is 3. The monoisotopic (exact) mass is 653 g/mol. The van der Waals surface area contributed by atoms with E-state index >= 15 is 0 Å². The summed E-state index contributed by atoms with van der Waals surface area (Å²) in [6, 6.07) is 29.4. The highest BCUT2D eigenvalue weighted by Crippen LogP contribution is 2.29. The number of esters is 2. The Morgan fingerprint density at radius 2 is 1.46 bits per heavy atom. The van der Waals surface area contributed by atoms with Crippen molar-refractivity contribution in [3.63, 3.8) is 0 Å². The van der Waals surface area contributed by atoms with E-state index in [1.54, 1.807) is 12.1 Å². The highest BCUT2D eigenvalue weighted by atomic mass is 16.5. The number of carbonyl (C=O) groups is 4. The number of ether oxygens (including phenoxy) is 2. The fourth-order valence-electron chi connectivity index (χ4n) is 5.24. The number of nitrogens with one attached hydrogen (secondary N) is 2. The van der Waals surface area contributed by atoms with Crippen molar-refractivity contribution in [2.45, 2.75) is 45.9 Å². The molecule has 0 unspecified atom stereocenters. The maximum absolute atomic E-state index is 13.6. The first kappa shape index (κ1) is 35.6. The molecule has 48 heavy (non-hydrogen) atoms. The Morgan fingerprint density at radius 3 is 2.17 bits per heavy atom. The van der Waals surface area contributed by atoms with Gasteiger partial charge >= 0.3 is 18.0 Å². The summed E-state index contributed by atoms with van der Waals surface area (Å²) in [5.41, 5.74) is 3.63. The first-order valence-electron chi connectivity index (χ1n) is 16.0. The Bertz CT molecular complexity index is 1670. The number of carbonyl (C=O) groups excluding carboxylic acids is 4. The highest BCUT2D eigenvalue weighted by molar-refractivity contribution is 5.96. The van der Waals surface area contributed by atoms with Gasteiger partial charge in [0, 0.05) is 19.9 Å². The van der Waals surface area contributed by atoms with Gasteiger partial charge in [-0.25, -0.2) is 14.4 Å². The second-order valence-electron chi connectivity index (χ2n) is 12.0. The van der Waals surface area contributed by atoms with Gasteiger partial charge in [0.2, 0.25) is 5.91 Å². The van der Waals surface area contributed by atoms with Gasteiger partial charge < -0.3 is 30.1 Å². The van der Waals surface area contributed by atoms with Crippen LogP contribution in [-0.4, -0.2) is 72.3 Å². The fraction of sp³-hybridized carbons (Fsp3) is 0.316. The van der Waals surface area contributed by atoms with Crippen LogP contribution >= 0.6 is 0 Å². The second kappa shape index (κ2) is 17.6. The third-order valence-corrected chi connectivity index (χ3v) is 7.56. The summed E-state index contributed by atoms with van der Waals surface area (Å²) in [4.78, 5) is 52.0. The quantitative estimate of drug-likeness (QED) is 0.123. The molecule has 4 aromatic carbocycles. The predicted octanol–water partition coefficient (Wildman–Crippen LogP) is 4.87. The van der Waals surface area contributed by atoms with Crippen LogP contribution in [0.2, 0.25) is 0 Å². The van der Waals surface area contributed by atoms with Crippen molar-refractivity contribution >= 4 is 34.6 Å². The van der Waals surface area contributed by atoms with E-state index < -0.39 is 30.1 Å². The van der Waals surface area contributed by atoms with E-state index in [4.69, 9.17) is 9.47 Å². The minimum absolute atomic E-state index is 0.00652. The van der Waals surface area contributed by atoms with Gasteiger partial charge in [-0.2, -0.15) is 0 Å². The zero-order valence-electron chi connectivity index (χ0n) is 27.6. The van der Waals surface area contributed by atoms with Gasteiger partial charge in [0.05, 0.1) is 13.1 Å². The molecule has 0 saturated heterocycles. The van der Waals surface area contributed by atoms with Crippen LogP contribution in [0.15, 0.2) is 97.1 Å². The summed E-state index contributed by atoms with van der Waals surface area (Å²) >= 11 is 0. The number of urea groups is 1. The lowest BCUT2D eigenvalue weighted by Crippen LogP contribution is -2.52. The van der Waals surface area contributed by atoms with Crippen LogP contribution in [0.5, 0.6) is 0 Å². The molecule has 252 valence electrons. The molecule has 10 heteroatoms. The smallest absolute Gasteiger partial charge is 0.337 e. The topological polar surface area (TPSA) is 134 Å². The van der Waals surface area contributed by atoms with Gasteiger partial charge in [-0.15, -0.1) is 0 Å². The van der Waals surface area contributed by atoms with Crippen molar-refractivity contribution < 1.29 is 33.8 Å². The third-order valence-electron chi connectivity index (χ3n) is 7.56. The molecule has 0 spiro atoms. The molecule has 0 saturated carbocycles. The number of benzene rings is 4. The van der Waals surface area contributed by atoms with E-state index in [2.05, 4.69) is 34.9 Å². The zero-order valence-corrected chi connectivity index (χ0v) is 27.6. The fourth-order valence-corrected chi connectivity index (χ4v) is 5.24. The summed E-state index contributed by atoms with van der Waals surface area (Å²) in [7, 11) is 0. The van der Waals surface area contributed by atoms with Crippen molar-refractivity contribution in [3.05, 3.63) is 108 Å². The Labute approximate surface area is 281 Å². The molecule has 0 aliphatic rings. The molecule has 0 fully saturated rings. The van der Waals surface area contributed by atoms with E-state index in [0.717, 1.165) is 33.0 Å². The molecule has 0 radical (unpaired) electrons. The van der Waals surface area contributed by atoms with Crippen molar-refractivity contribution in [1.82, 2.24) is 15.5 Å². The van der Waals surface area contributed by atoms with E-state index in [1.807, 2.05) is 74.5 Å². The summed E-state index contributed by atoms with van der Waals surface area (Å²) in [6.07, 6.45) is -1.47. The zero-order chi connectivity index (χ0) is 34.5. The third kappa shape index (κ3) is 10.7. The number of hydrogen-bond donors (Lipinski definition) is 3. The van der Waals surface area contributed by atoms with E-state index in [1.165, 1.54) is 11.8 Å². The molecule has 3 N–H and O–H groups in total. The molecule has 3 amide bonds. The predicted molar refractivity (Wildman–Crippen MR) is 184 cm³/mol. The number of nitrogens with zero attached hydrogens (tertiary/aromatic N) is 1. The summed E-state index contributed by atoms with van der Waals surface area (Å²) in [5.74, 6) is -1.81. The number of aliphatic hydroxyl groups is 1. The van der Waals surface area contributed by atoms with E-state index in [0.29, 0.717) is 0 Å². The van der Waals surface area contributed by atoms with Crippen LogP contribution in [0.4, 0.5) is 4.79 Å². The molecule has 2 atom stereocenters. The maximum atomic E-state index is 13.6. The number of rotatable bonds is 15. The molecule has 0 aromatic heterocycles. The Kier molecular flexibility index (Phi) is 13.1. The van der Waals surface area contributed by atoms with Gasteiger partial charge in [-0.1, -0.05) is 111 Å². The lowest BCUT2D eigenvalue weighted by Gasteiger charge is -2.28. The van der Waals surface area contributed by atoms with Crippen LogP contribution in [-0.2, 0) is 36.9 Å². The molecule has 0 bridgehead atoms. The van der Waals surface area contributed by atoms with Crippen LogP contribution in [0, 0.1) is 5.92 Å². The second-order valence-corrected chi connectivity index (χ2v) is 12.0. The number of fused-ring (bicyclic) bond motifs is 1. The standard InChI is InChI=1S/C38H43N3O7/c1-26(2)23-41(24-35(43)37(45)48-25-29-10-5-4-6-11-29)38(46)40-34(36(44)47-21-20-39-27(3)42)22-28-16-18-31(19-17-28)33-15-9-13-30-12-7-8-14-32(30)33/h4-19,26,34-35,43H,20-25H2,1-3H3,(H,39,42)(H,40,46)/t34-,35-/m0/s1. The van der Waals surface area contributed by atoms with Crippen molar-refractivity contribution in [2.75, 3.05) is 26.2 Å². The van der Waals surface area contributed by atoms with Gasteiger partial charge in [-0.3, -0.25) is 4.79 Å². The summed E-state index contributed by atoms with van der Waals surface area (Å²) in [5, 5.41) is 18.2.